The molecule has 0 saturated carbocycles. The van der Waals surface area contributed by atoms with E-state index in [1.165, 1.54) is 85.0 Å². The van der Waals surface area contributed by atoms with E-state index in [0.717, 1.165) is 157 Å². The Labute approximate surface area is 741 Å². The van der Waals surface area contributed by atoms with Crippen LogP contribution in [0.3, 0.4) is 0 Å². The third-order valence-electron chi connectivity index (χ3n) is 20.2. The summed E-state index contributed by atoms with van der Waals surface area (Å²) >= 11 is 9.00. The number of thiazole rings is 5. The lowest BCUT2D eigenvalue weighted by molar-refractivity contribution is 0.456. The molecule has 14 heterocycles. The second-order valence-electron chi connectivity index (χ2n) is 28.4. The fourth-order valence-corrected chi connectivity index (χ4v) is 17.6. The molecular formula is C93H58F2N24O2S6. The molecule has 0 unspecified atom stereocenters. The molecule has 14 aromatic heterocycles. The molecule has 0 saturated heterocycles. The average molecular weight is 1770 g/mol. The Balaban J connectivity index is 0.0000000967. The van der Waals surface area contributed by atoms with Gasteiger partial charge in [-0.15, -0.1) is 56.7 Å². The van der Waals surface area contributed by atoms with Crippen LogP contribution in [0.15, 0.2) is 293 Å². The molecule has 26 nitrogen and oxygen atoms in total. The average Bonchev–Trinajstić information content (AvgIpc) is 1.46. The van der Waals surface area contributed by atoms with Crippen LogP contribution in [-0.4, -0.2) is 94.4 Å². The number of para-hydroxylation sites is 4. The maximum Gasteiger partial charge on any atom is 0.175 e. The first kappa shape index (κ1) is 78.4. The largest absolute Gasteiger partial charge is 0.356 e. The highest BCUT2D eigenvalue weighted by molar-refractivity contribution is 7.14. The fourth-order valence-electron chi connectivity index (χ4n) is 14.2. The number of pyridine rings is 1. The fraction of sp³-hybridized carbons (Fsp3) is 0.0215. The van der Waals surface area contributed by atoms with E-state index in [2.05, 4.69) is 118 Å². The van der Waals surface area contributed by atoms with Crippen molar-refractivity contribution in [1.82, 2.24) is 94.4 Å². The molecule has 0 fully saturated rings. The van der Waals surface area contributed by atoms with Crippen LogP contribution in [0.1, 0.15) is 22.3 Å². The van der Waals surface area contributed by atoms with Gasteiger partial charge in [0.1, 0.15) is 40.7 Å². The molecule has 127 heavy (non-hydrogen) atoms. The molecule has 0 aliphatic heterocycles. The van der Waals surface area contributed by atoms with Crippen molar-refractivity contribution in [3.05, 3.63) is 317 Å². The lowest BCUT2D eigenvalue weighted by Gasteiger charge is -2.12. The number of hydrogen-bond donors (Lipinski definition) is 5. The van der Waals surface area contributed by atoms with E-state index in [-0.39, 0.29) is 11.6 Å². The van der Waals surface area contributed by atoms with Gasteiger partial charge >= 0.3 is 0 Å². The van der Waals surface area contributed by atoms with E-state index < -0.39 is 0 Å². The van der Waals surface area contributed by atoms with Crippen LogP contribution in [-0.2, 0) is 12.8 Å². The second-order valence-corrected chi connectivity index (χ2v) is 33.6. The molecule has 0 bridgehead atoms. The zero-order valence-corrected chi connectivity index (χ0v) is 70.6. The SMILES string of the molecule is Fc1cc(Nc2nc(-c3cncs3)nc3ccccc23)cc2c1CC=C2.Fc1cc(Nc2nc(-c3cncs3)nc3ncccc23)cc2c1CC=C2.c1ccc2c(Nc3ccc4cnoc4c3)nc(-c3cncs3)nc2c1.c1ccc2c(Nc3ccc4oncc4c3)nc(-c3cncs3)nc2c1.c1ccc2c(Nc3ccc4sncc4c3)nc(-c3cncs3)nc2c1. The first-order chi connectivity index (χ1) is 62.6. The van der Waals surface area contributed by atoms with Crippen LogP contribution in [0, 0.1) is 11.6 Å². The van der Waals surface area contributed by atoms with Gasteiger partial charge in [0.25, 0.3) is 0 Å². The van der Waals surface area contributed by atoms with Crippen LogP contribution in [0.2, 0.25) is 0 Å². The minimum Gasteiger partial charge on any atom is -0.356 e. The maximum atomic E-state index is 14.4. The lowest BCUT2D eigenvalue weighted by Crippen LogP contribution is -2.01. The predicted octanol–water partition coefficient (Wildman–Crippen LogP) is 24.2. The van der Waals surface area contributed by atoms with E-state index in [0.29, 0.717) is 70.6 Å². The molecule has 23 aromatic rings. The van der Waals surface area contributed by atoms with Crippen molar-refractivity contribution in [3.8, 4) is 53.5 Å². The third-order valence-corrected chi connectivity index (χ3v) is 24.8. The number of anilines is 10. The van der Waals surface area contributed by atoms with Crippen LogP contribution >= 0.6 is 68.2 Å². The predicted molar refractivity (Wildman–Crippen MR) is 503 cm³/mol. The van der Waals surface area contributed by atoms with Gasteiger partial charge in [-0.2, -0.15) is 4.37 Å². The summed E-state index contributed by atoms with van der Waals surface area (Å²) in [6.07, 6.45) is 24.9. The van der Waals surface area contributed by atoms with E-state index in [4.69, 9.17) is 24.0 Å². The Bertz CT molecular complexity index is 7400. The highest BCUT2D eigenvalue weighted by Crippen LogP contribution is 2.39. The van der Waals surface area contributed by atoms with Gasteiger partial charge in [-0.05, 0) is 180 Å². The molecule has 0 spiro atoms. The summed E-state index contributed by atoms with van der Waals surface area (Å²) in [4.78, 5) is 76.0. The van der Waals surface area contributed by atoms with Crippen molar-refractivity contribution in [1.29, 1.82) is 0 Å². The molecule has 5 N–H and O–H groups in total. The number of benzene rings is 9. The zero-order valence-electron chi connectivity index (χ0n) is 65.7. The van der Waals surface area contributed by atoms with E-state index in [9.17, 15) is 8.78 Å². The Morgan fingerprint density at radius 2 is 0.701 bits per heavy atom. The molecule has 2 aliphatic rings. The summed E-state index contributed by atoms with van der Waals surface area (Å²) in [5.74, 6) is 6.27. The summed E-state index contributed by atoms with van der Waals surface area (Å²) in [5, 5.41) is 31.9. The molecular weight excluding hydrogens is 1720 g/mol. The van der Waals surface area contributed by atoms with Gasteiger partial charge in [-0.25, -0.2) is 63.6 Å². The quantitative estimate of drug-likeness (QED) is 0.0636. The molecule has 25 rings (SSSR count). The van der Waals surface area contributed by atoms with Crippen molar-refractivity contribution in [3.63, 3.8) is 0 Å². The highest BCUT2D eigenvalue weighted by atomic mass is 32.1. The number of allylic oxidation sites excluding steroid dienone is 2. The molecule has 34 heteroatoms. The lowest BCUT2D eigenvalue weighted by atomic mass is 10.1. The normalized spacial score (nSPS) is 11.7. The van der Waals surface area contributed by atoms with Gasteiger partial charge < -0.3 is 35.6 Å². The topological polar surface area (TPSA) is 331 Å². The van der Waals surface area contributed by atoms with Crippen molar-refractivity contribution in [2.45, 2.75) is 12.8 Å². The summed E-state index contributed by atoms with van der Waals surface area (Å²) in [6.45, 7) is 0. The summed E-state index contributed by atoms with van der Waals surface area (Å²) in [6, 6.07) is 60.1. The summed E-state index contributed by atoms with van der Waals surface area (Å²) in [5.41, 5.74) is 21.8. The first-order valence-corrected chi connectivity index (χ1v) is 44.3. The molecule has 0 radical (unpaired) electrons. The molecule has 612 valence electrons. The minimum atomic E-state index is -0.214. The standard InChI is InChI=1S/C20H13FN4S.C19H12FN5S.2C18H11N5OS.C18H11N5S2/c21-16-9-13(8-12-4-3-6-14(12)16)23-19-15-5-1-2-7-17(15)24-20(25-19)18-10-22-11-26-18;20-15-8-12(7-11-3-1-4-13(11)15)23-18-14-5-2-6-22-17(14)24-19(25-18)16-9-21-10-26-16;1-2-4-14-13(3-1)17(23-18(22-14)16-9-19-10-25-16)21-12-5-6-15-11(7-12)8-20-24-15;1-2-4-14-13(3-1)17(23-18(22-14)16-9-19-10-25-16)21-12-6-5-11-8-20-24-15(11)7-12;1-2-4-14-13(3-1)17(23-18(22-14)16-9-19-10-24-16)21-12-5-6-15-11(7-12)8-20-25-15/h1-5,7-11H,6H2,(H,23,24,25);1-3,5-10H,4H2,(H,22,23,24,25);3*1-10H,(H,21,22,23). The Kier molecular flexibility index (Phi) is 21.7. The summed E-state index contributed by atoms with van der Waals surface area (Å²) < 4.78 is 44.5. The Morgan fingerprint density at radius 3 is 1.16 bits per heavy atom. The molecule has 0 atom stereocenters. The van der Waals surface area contributed by atoms with Gasteiger partial charge in [-0.1, -0.05) is 83.1 Å². The zero-order chi connectivity index (χ0) is 84.9. The number of halogens is 2. The third kappa shape index (κ3) is 17.0. The van der Waals surface area contributed by atoms with Crippen LogP contribution in [0.5, 0.6) is 0 Å². The number of fused-ring (bicyclic) bond motifs is 10. The summed E-state index contributed by atoms with van der Waals surface area (Å²) in [7, 11) is 0. The molecule has 2 aliphatic carbocycles. The number of rotatable bonds is 15. The van der Waals surface area contributed by atoms with Gasteiger partial charge in [0, 0.05) is 116 Å². The Morgan fingerprint density at radius 1 is 0.315 bits per heavy atom. The second kappa shape index (κ2) is 35.2. The van der Waals surface area contributed by atoms with Crippen molar-refractivity contribution < 1.29 is 17.8 Å². The van der Waals surface area contributed by atoms with Gasteiger partial charge in [0.05, 0.1) is 96.5 Å². The number of aromatic nitrogens is 19. The number of nitrogens with zero attached hydrogens (tertiary/aromatic N) is 19. The van der Waals surface area contributed by atoms with Crippen LogP contribution in [0.4, 0.5) is 66.3 Å². The van der Waals surface area contributed by atoms with E-state index in [1.807, 2.05) is 194 Å². The Hall–Kier alpha value is -15.9. The minimum absolute atomic E-state index is 0.198. The smallest absolute Gasteiger partial charge is 0.175 e. The van der Waals surface area contributed by atoms with Crippen LogP contribution < -0.4 is 26.6 Å². The van der Waals surface area contributed by atoms with E-state index in [1.54, 1.807) is 77.1 Å². The molecule has 9 aromatic carbocycles. The van der Waals surface area contributed by atoms with Crippen molar-refractivity contribution in [2.24, 2.45) is 0 Å². The molecule has 0 amide bonds. The van der Waals surface area contributed by atoms with E-state index >= 15 is 0 Å². The number of hydrogen-bond acceptors (Lipinski definition) is 32. The highest BCUT2D eigenvalue weighted by Gasteiger charge is 2.21. The van der Waals surface area contributed by atoms with Gasteiger partial charge in [-0.3, -0.25) is 24.9 Å². The van der Waals surface area contributed by atoms with Gasteiger partial charge in [0.15, 0.2) is 45.9 Å². The van der Waals surface area contributed by atoms with Crippen LogP contribution in [0.25, 0.3) is 152 Å². The first-order valence-electron chi connectivity index (χ1n) is 39.2. The monoisotopic (exact) mass is 1770 g/mol. The van der Waals surface area contributed by atoms with Gasteiger partial charge in [0.2, 0.25) is 0 Å². The maximum absolute atomic E-state index is 14.4. The van der Waals surface area contributed by atoms with Crippen molar-refractivity contribution >= 4 is 225 Å². The number of nitrogens with one attached hydrogen (secondary N) is 5. The van der Waals surface area contributed by atoms with Crippen molar-refractivity contribution in [2.75, 3.05) is 26.6 Å².